The maximum absolute atomic E-state index is 11.8. The molecular formula is C16H16N2O. The van der Waals surface area contributed by atoms with Gasteiger partial charge in [0.15, 0.2) is 0 Å². The minimum Gasteiger partial charge on any atom is -0.356 e. The number of fused-ring (bicyclic) bond motifs is 1. The number of carbonyl (C=O) groups is 1. The van der Waals surface area contributed by atoms with Gasteiger partial charge in [0.25, 0.3) is 0 Å². The summed E-state index contributed by atoms with van der Waals surface area (Å²) in [6.07, 6.45) is 1.57. The number of hydrogen-bond acceptors (Lipinski definition) is 2. The monoisotopic (exact) mass is 252 g/mol. The van der Waals surface area contributed by atoms with Crippen molar-refractivity contribution in [3.63, 3.8) is 0 Å². The minimum absolute atomic E-state index is 0.00860. The number of nitrogens with one attached hydrogen (secondary N) is 1. The average molecular weight is 252 g/mol. The topological polar surface area (TPSA) is 52.9 Å². The van der Waals surface area contributed by atoms with Crippen LogP contribution in [-0.4, -0.2) is 12.5 Å². The molecule has 0 radical (unpaired) electrons. The molecule has 0 fully saturated rings. The van der Waals surface area contributed by atoms with Crippen LogP contribution in [0.15, 0.2) is 42.5 Å². The SMILES string of the molecule is N#CCCCNC(=O)Cc1cccc2ccccc12. The van der Waals surface area contributed by atoms with Gasteiger partial charge in [-0.05, 0) is 22.8 Å². The van der Waals surface area contributed by atoms with E-state index >= 15 is 0 Å². The molecule has 0 saturated carbocycles. The van der Waals surface area contributed by atoms with Crippen LogP contribution in [0.5, 0.6) is 0 Å². The van der Waals surface area contributed by atoms with Gasteiger partial charge in [-0.3, -0.25) is 4.79 Å². The van der Waals surface area contributed by atoms with E-state index < -0.39 is 0 Å². The second kappa shape index (κ2) is 6.55. The molecule has 0 heterocycles. The Bertz CT molecular complexity index is 608. The van der Waals surface area contributed by atoms with Crippen LogP contribution in [0.25, 0.3) is 10.8 Å². The number of benzene rings is 2. The highest BCUT2D eigenvalue weighted by Gasteiger charge is 2.05. The molecule has 1 N–H and O–H groups in total. The molecule has 0 saturated heterocycles. The van der Waals surface area contributed by atoms with Crippen LogP contribution in [-0.2, 0) is 11.2 Å². The molecule has 0 aliphatic rings. The smallest absolute Gasteiger partial charge is 0.224 e. The van der Waals surface area contributed by atoms with E-state index in [0.29, 0.717) is 25.8 Å². The molecule has 3 nitrogen and oxygen atoms in total. The molecule has 0 spiro atoms. The zero-order chi connectivity index (χ0) is 13.5. The van der Waals surface area contributed by atoms with Gasteiger partial charge in [-0.15, -0.1) is 0 Å². The molecule has 96 valence electrons. The summed E-state index contributed by atoms with van der Waals surface area (Å²) in [7, 11) is 0. The average Bonchev–Trinajstić information content (AvgIpc) is 2.44. The Hall–Kier alpha value is -2.34. The summed E-state index contributed by atoms with van der Waals surface area (Å²) in [6, 6.07) is 16.1. The van der Waals surface area contributed by atoms with Gasteiger partial charge >= 0.3 is 0 Å². The van der Waals surface area contributed by atoms with Crippen molar-refractivity contribution in [3.8, 4) is 6.07 Å². The highest BCUT2D eigenvalue weighted by atomic mass is 16.1. The lowest BCUT2D eigenvalue weighted by Gasteiger charge is -2.07. The summed E-state index contributed by atoms with van der Waals surface area (Å²) < 4.78 is 0. The number of unbranched alkanes of at least 4 members (excludes halogenated alkanes) is 1. The Morgan fingerprint density at radius 1 is 1.16 bits per heavy atom. The van der Waals surface area contributed by atoms with Crippen LogP contribution in [0.4, 0.5) is 0 Å². The summed E-state index contributed by atoms with van der Waals surface area (Å²) in [5.41, 5.74) is 1.04. The van der Waals surface area contributed by atoms with Crippen molar-refractivity contribution < 1.29 is 4.79 Å². The number of nitrogens with zero attached hydrogens (tertiary/aromatic N) is 1. The Labute approximate surface area is 112 Å². The second-order valence-electron chi connectivity index (χ2n) is 4.43. The minimum atomic E-state index is 0.00860. The number of rotatable bonds is 5. The number of amides is 1. The molecule has 0 aliphatic carbocycles. The highest BCUT2D eigenvalue weighted by molar-refractivity contribution is 5.90. The first kappa shape index (κ1) is 13.1. The molecule has 3 heteroatoms. The van der Waals surface area contributed by atoms with Gasteiger partial charge in [0, 0.05) is 13.0 Å². The molecule has 0 bridgehead atoms. The first-order valence-corrected chi connectivity index (χ1v) is 6.41. The van der Waals surface area contributed by atoms with Gasteiger partial charge in [-0.2, -0.15) is 5.26 Å². The van der Waals surface area contributed by atoms with Gasteiger partial charge in [-0.1, -0.05) is 42.5 Å². The van der Waals surface area contributed by atoms with Crippen molar-refractivity contribution in [2.24, 2.45) is 0 Å². The second-order valence-corrected chi connectivity index (χ2v) is 4.43. The molecule has 2 aromatic carbocycles. The summed E-state index contributed by atoms with van der Waals surface area (Å²) in [6.45, 7) is 0.567. The molecule has 19 heavy (non-hydrogen) atoms. The summed E-state index contributed by atoms with van der Waals surface area (Å²) in [4.78, 5) is 11.8. The Balaban J connectivity index is 2.01. The van der Waals surface area contributed by atoms with E-state index in [9.17, 15) is 4.79 Å². The van der Waals surface area contributed by atoms with Crippen LogP contribution in [0, 0.1) is 11.3 Å². The van der Waals surface area contributed by atoms with Crippen molar-refractivity contribution >= 4 is 16.7 Å². The summed E-state index contributed by atoms with van der Waals surface area (Å²) in [5.74, 6) is 0.00860. The fourth-order valence-electron chi connectivity index (χ4n) is 2.08. The molecule has 0 aromatic heterocycles. The van der Waals surface area contributed by atoms with E-state index in [1.807, 2.05) is 42.5 Å². The fraction of sp³-hybridized carbons (Fsp3) is 0.250. The van der Waals surface area contributed by atoms with Gasteiger partial charge in [0.05, 0.1) is 12.5 Å². The quantitative estimate of drug-likeness (QED) is 0.832. The van der Waals surface area contributed by atoms with Crippen molar-refractivity contribution in [3.05, 3.63) is 48.0 Å². The summed E-state index contributed by atoms with van der Waals surface area (Å²) in [5, 5.41) is 13.5. The Morgan fingerprint density at radius 3 is 2.79 bits per heavy atom. The lowest BCUT2D eigenvalue weighted by atomic mass is 10.0. The van der Waals surface area contributed by atoms with Crippen molar-refractivity contribution in [1.29, 1.82) is 5.26 Å². The molecule has 0 aliphatic heterocycles. The number of nitriles is 1. The molecule has 1 amide bonds. The largest absolute Gasteiger partial charge is 0.356 e. The van der Waals surface area contributed by atoms with Crippen molar-refractivity contribution in [2.75, 3.05) is 6.54 Å². The number of hydrogen-bond donors (Lipinski definition) is 1. The van der Waals surface area contributed by atoms with Gasteiger partial charge in [0.2, 0.25) is 5.91 Å². The van der Waals surface area contributed by atoms with Gasteiger partial charge in [0.1, 0.15) is 0 Å². The van der Waals surface area contributed by atoms with E-state index in [-0.39, 0.29) is 5.91 Å². The van der Waals surface area contributed by atoms with E-state index in [0.717, 1.165) is 16.3 Å². The normalized spacial score (nSPS) is 10.1. The van der Waals surface area contributed by atoms with Crippen LogP contribution >= 0.6 is 0 Å². The molecule has 0 unspecified atom stereocenters. The third-order valence-corrected chi connectivity index (χ3v) is 3.02. The summed E-state index contributed by atoms with van der Waals surface area (Å²) >= 11 is 0. The van der Waals surface area contributed by atoms with Crippen molar-refractivity contribution in [2.45, 2.75) is 19.3 Å². The van der Waals surface area contributed by atoms with Crippen LogP contribution in [0.3, 0.4) is 0 Å². The molecule has 2 aromatic rings. The zero-order valence-electron chi connectivity index (χ0n) is 10.7. The molecule has 0 atom stereocenters. The Kier molecular flexibility index (Phi) is 4.52. The molecular weight excluding hydrogens is 236 g/mol. The van der Waals surface area contributed by atoms with Gasteiger partial charge < -0.3 is 5.32 Å². The lowest BCUT2D eigenvalue weighted by Crippen LogP contribution is -2.26. The first-order chi connectivity index (χ1) is 9.31. The Morgan fingerprint density at radius 2 is 1.95 bits per heavy atom. The van der Waals surface area contributed by atoms with E-state index in [2.05, 4.69) is 11.4 Å². The third kappa shape index (κ3) is 3.56. The van der Waals surface area contributed by atoms with Crippen LogP contribution in [0.2, 0.25) is 0 Å². The maximum Gasteiger partial charge on any atom is 0.224 e. The van der Waals surface area contributed by atoms with E-state index in [1.165, 1.54) is 0 Å². The highest BCUT2D eigenvalue weighted by Crippen LogP contribution is 2.18. The molecule has 2 rings (SSSR count). The van der Waals surface area contributed by atoms with Crippen LogP contribution in [0.1, 0.15) is 18.4 Å². The predicted molar refractivity (Wildman–Crippen MR) is 75.5 cm³/mol. The van der Waals surface area contributed by atoms with E-state index in [1.54, 1.807) is 0 Å². The van der Waals surface area contributed by atoms with E-state index in [4.69, 9.17) is 5.26 Å². The van der Waals surface area contributed by atoms with Gasteiger partial charge in [-0.25, -0.2) is 0 Å². The fourth-order valence-corrected chi connectivity index (χ4v) is 2.08. The first-order valence-electron chi connectivity index (χ1n) is 6.41. The lowest BCUT2D eigenvalue weighted by molar-refractivity contribution is -0.120. The standard InChI is InChI=1S/C16H16N2O/c17-10-3-4-11-18-16(19)12-14-8-5-7-13-6-1-2-9-15(13)14/h1-2,5-9H,3-4,11-12H2,(H,18,19). The zero-order valence-corrected chi connectivity index (χ0v) is 10.7. The number of carbonyl (C=O) groups excluding carboxylic acids is 1. The maximum atomic E-state index is 11.8. The van der Waals surface area contributed by atoms with Crippen molar-refractivity contribution in [1.82, 2.24) is 5.32 Å². The van der Waals surface area contributed by atoms with Crippen LogP contribution < -0.4 is 5.32 Å². The third-order valence-electron chi connectivity index (χ3n) is 3.02. The predicted octanol–water partition coefficient (Wildman–Crippen LogP) is 2.80.